The van der Waals surface area contributed by atoms with Gasteiger partial charge >= 0.3 is 0 Å². The first kappa shape index (κ1) is 9.69. The van der Waals surface area contributed by atoms with Crippen LogP contribution in [0.1, 0.15) is 35.6 Å². The number of benzene rings is 1. The minimum atomic E-state index is 0.108. The number of hydrogen-bond donors (Lipinski definition) is 1. The zero-order valence-corrected chi connectivity index (χ0v) is 8.49. The van der Waals surface area contributed by atoms with Gasteiger partial charge in [0.2, 0.25) is 0 Å². The molecule has 1 unspecified atom stereocenters. The van der Waals surface area contributed by atoms with Crippen molar-refractivity contribution in [3.05, 3.63) is 34.9 Å². The lowest BCUT2D eigenvalue weighted by Gasteiger charge is -2.14. The molecule has 0 bridgehead atoms. The van der Waals surface area contributed by atoms with Gasteiger partial charge in [-0.15, -0.1) is 0 Å². The lowest BCUT2D eigenvalue weighted by molar-refractivity contribution is 0.110. The quantitative estimate of drug-likeness (QED) is 0.779. The lowest BCUT2D eigenvalue weighted by Crippen LogP contribution is -2.01. The molecule has 1 aromatic rings. The van der Waals surface area contributed by atoms with Crippen molar-refractivity contribution in [2.45, 2.75) is 32.5 Å². The van der Waals surface area contributed by atoms with E-state index in [1.807, 2.05) is 13.0 Å². The molecule has 1 saturated heterocycles. The maximum atomic E-state index is 9.25. The van der Waals surface area contributed by atoms with Crippen molar-refractivity contribution >= 4 is 0 Å². The average molecular weight is 192 g/mol. The SMILES string of the molecule is Cc1ccc(C2CCCO2)c(CO)c1. The van der Waals surface area contributed by atoms with E-state index in [1.54, 1.807) is 0 Å². The van der Waals surface area contributed by atoms with Crippen LogP contribution in [0.3, 0.4) is 0 Å². The van der Waals surface area contributed by atoms with Crippen molar-refractivity contribution in [2.75, 3.05) is 6.61 Å². The summed E-state index contributed by atoms with van der Waals surface area (Å²) in [6.07, 6.45) is 2.41. The fourth-order valence-electron chi connectivity index (χ4n) is 2.01. The van der Waals surface area contributed by atoms with E-state index in [4.69, 9.17) is 4.74 Å². The Bertz CT molecular complexity index is 314. The maximum Gasteiger partial charge on any atom is 0.0829 e. The molecule has 2 heteroatoms. The van der Waals surface area contributed by atoms with Crippen LogP contribution in [-0.4, -0.2) is 11.7 Å². The van der Waals surface area contributed by atoms with Gasteiger partial charge in [0.1, 0.15) is 0 Å². The summed E-state index contributed by atoms with van der Waals surface area (Å²) in [6.45, 7) is 3.00. The first-order valence-electron chi connectivity index (χ1n) is 5.13. The van der Waals surface area contributed by atoms with Gasteiger partial charge in [-0.2, -0.15) is 0 Å². The summed E-state index contributed by atoms with van der Waals surface area (Å²) in [7, 11) is 0. The zero-order valence-electron chi connectivity index (χ0n) is 8.49. The van der Waals surface area contributed by atoms with Gasteiger partial charge < -0.3 is 9.84 Å². The highest BCUT2D eigenvalue weighted by atomic mass is 16.5. The van der Waals surface area contributed by atoms with Crippen LogP contribution in [0.15, 0.2) is 18.2 Å². The van der Waals surface area contributed by atoms with Crippen molar-refractivity contribution in [3.63, 3.8) is 0 Å². The van der Waals surface area contributed by atoms with E-state index < -0.39 is 0 Å². The number of ether oxygens (including phenoxy) is 1. The van der Waals surface area contributed by atoms with Crippen molar-refractivity contribution in [2.24, 2.45) is 0 Å². The fraction of sp³-hybridized carbons (Fsp3) is 0.500. The third-order valence-electron chi connectivity index (χ3n) is 2.75. The molecule has 76 valence electrons. The number of aryl methyl sites for hydroxylation is 1. The van der Waals surface area contributed by atoms with Gasteiger partial charge in [0.05, 0.1) is 12.7 Å². The minimum Gasteiger partial charge on any atom is -0.392 e. The summed E-state index contributed by atoms with van der Waals surface area (Å²) < 4.78 is 5.61. The van der Waals surface area contributed by atoms with Crippen LogP contribution in [-0.2, 0) is 11.3 Å². The summed E-state index contributed by atoms with van der Waals surface area (Å²) in [6, 6.07) is 6.20. The topological polar surface area (TPSA) is 29.5 Å². The molecule has 1 fully saturated rings. The van der Waals surface area contributed by atoms with Gasteiger partial charge in [-0.1, -0.05) is 23.8 Å². The summed E-state index contributed by atoms with van der Waals surface area (Å²) in [5.74, 6) is 0. The standard InChI is InChI=1S/C12H16O2/c1-9-4-5-11(10(7-9)8-13)12-3-2-6-14-12/h4-5,7,12-13H,2-3,6,8H2,1H3. The molecule has 1 aromatic carbocycles. The van der Waals surface area contributed by atoms with Crippen LogP contribution in [0.2, 0.25) is 0 Å². The van der Waals surface area contributed by atoms with Gasteiger partial charge in [0.15, 0.2) is 0 Å². The minimum absolute atomic E-state index is 0.108. The molecule has 0 amide bonds. The van der Waals surface area contributed by atoms with Crippen LogP contribution in [0.25, 0.3) is 0 Å². The van der Waals surface area contributed by atoms with E-state index >= 15 is 0 Å². The van der Waals surface area contributed by atoms with E-state index in [-0.39, 0.29) is 12.7 Å². The molecule has 0 aromatic heterocycles. The van der Waals surface area contributed by atoms with Gasteiger partial charge in [-0.05, 0) is 30.9 Å². The first-order valence-corrected chi connectivity index (χ1v) is 5.13. The van der Waals surface area contributed by atoms with Gasteiger partial charge in [-0.3, -0.25) is 0 Å². The van der Waals surface area contributed by atoms with E-state index in [1.165, 1.54) is 5.56 Å². The predicted octanol–water partition coefficient (Wildman–Crippen LogP) is 2.34. The molecule has 0 spiro atoms. The van der Waals surface area contributed by atoms with E-state index in [2.05, 4.69) is 12.1 Å². The Kier molecular flexibility index (Phi) is 2.85. The van der Waals surface area contributed by atoms with Crippen LogP contribution in [0.5, 0.6) is 0 Å². The average Bonchev–Trinajstić information content (AvgIpc) is 2.70. The molecular weight excluding hydrogens is 176 g/mol. The molecule has 1 aliphatic heterocycles. The summed E-state index contributed by atoms with van der Waals surface area (Å²) >= 11 is 0. The zero-order chi connectivity index (χ0) is 9.97. The molecule has 1 heterocycles. The Morgan fingerprint density at radius 3 is 3.00 bits per heavy atom. The van der Waals surface area contributed by atoms with Crippen LogP contribution < -0.4 is 0 Å². The third-order valence-corrected chi connectivity index (χ3v) is 2.75. The Morgan fingerprint density at radius 2 is 2.36 bits per heavy atom. The van der Waals surface area contributed by atoms with E-state index in [0.717, 1.165) is 30.6 Å². The number of aliphatic hydroxyl groups is 1. The third kappa shape index (κ3) is 1.81. The van der Waals surface area contributed by atoms with Gasteiger partial charge in [-0.25, -0.2) is 0 Å². The highest BCUT2D eigenvalue weighted by Crippen LogP contribution is 2.31. The molecule has 14 heavy (non-hydrogen) atoms. The van der Waals surface area contributed by atoms with Crippen molar-refractivity contribution in [3.8, 4) is 0 Å². The van der Waals surface area contributed by atoms with Crippen LogP contribution >= 0.6 is 0 Å². The summed E-state index contributed by atoms with van der Waals surface area (Å²) in [5.41, 5.74) is 3.36. The van der Waals surface area contributed by atoms with Gasteiger partial charge in [0.25, 0.3) is 0 Å². The highest BCUT2D eigenvalue weighted by Gasteiger charge is 2.19. The second-order valence-corrected chi connectivity index (χ2v) is 3.86. The first-order chi connectivity index (χ1) is 6.81. The molecule has 0 aliphatic carbocycles. The molecular formula is C12H16O2. The smallest absolute Gasteiger partial charge is 0.0829 e. The lowest BCUT2D eigenvalue weighted by atomic mass is 9.99. The Balaban J connectivity index is 2.31. The van der Waals surface area contributed by atoms with Crippen molar-refractivity contribution in [1.82, 2.24) is 0 Å². The van der Waals surface area contributed by atoms with Crippen molar-refractivity contribution in [1.29, 1.82) is 0 Å². The molecule has 1 atom stereocenters. The molecule has 0 saturated carbocycles. The number of hydrogen-bond acceptors (Lipinski definition) is 2. The molecule has 2 rings (SSSR count). The van der Waals surface area contributed by atoms with Gasteiger partial charge in [0, 0.05) is 6.61 Å². The molecule has 0 radical (unpaired) electrons. The number of rotatable bonds is 2. The van der Waals surface area contributed by atoms with E-state index in [9.17, 15) is 5.11 Å². The highest BCUT2D eigenvalue weighted by molar-refractivity contribution is 5.33. The predicted molar refractivity (Wildman–Crippen MR) is 55.0 cm³/mol. The Labute approximate surface area is 84.5 Å². The Morgan fingerprint density at radius 1 is 1.50 bits per heavy atom. The normalized spacial score (nSPS) is 21.4. The fourth-order valence-corrected chi connectivity index (χ4v) is 2.01. The van der Waals surface area contributed by atoms with Crippen LogP contribution in [0.4, 0.5) is 0 Å². The van der Waals surface area contributed by atoms with Crippen molar-refractivity contribution < 1.29 is 9.84 Å². The number of aliphatic hydroxyl groups excluding tert-OH is 1. The summed E-state index contributed by atoms with van der Waals surface area (Å²) in [5, 5.41) is 9.25. The summed E-state index contributed by atoms with van der Waals surface area (Å²) in [4.78, 5) is 0. The maximum absolute atomic E-state index is 9.25. The van der Waals surface area contributed by atoms with Crippen LogP contribution in [0, 0.1) is 6.92 Å². The van der Waals surface area contributed by atoms with E-state index in [0.29, 0.717) is 0 Å². The largest absolute Gasteiger partial charge is 0.392 e. The molecule has 1 N–H and O–H groups in total. The monoisotopic (exact) mass is 192 g/mol. The Hall–Kier alpha value is -0.860. The molecule has 1 aliphatic rings. The second-order valence-electron chi connectivity index (χ2n) is 3.86. The second kappa shape index (κ2) is 4.11. The molecule has 2 nitrogen and oxygen atoms in total.